The van der Waals surface area contributed by atoms with E-state index in [1.807, 2.05) is 20.8 Å². The van der Waals surface area contributed by atoms with Crippen molar-refractivity contribution in [3.05, 3.63) is 135 Å². The lowest BCUT2D eigenvalue weighted by atomic mass is 10.0. The number of ether oxygens (including phenoxy) is 2. The second-order valence-electron chi connectivity index (χ2n) is 19.0. The Morgan fingerprint density at radius 3 is 1.66 bits per heavy atom. The van der Waals surface area contributed by atoms with Crippen molar-refractivity contribution in [1.82, 2.24) is 28.4 Å². The minimum atomic E-state index is -3.51. The third kappa shape index (κ3) is 11.1. The zero-order valence-electron chi connectivity index (χ0n) is 40.3. The fraction of sp³-hybridized carbons (Fsp3) is 0.574. The molecule has 24 heteroatoms. The molecule has 0 saturated carbocycles. The average Bonchev–Trinajstić information content (AvgIpc) is 4.21. The van der Waals surface area contributed by atoms with Crippen LogP contribution >= 0.6 is 17.1 Å². The molecule has 2 aromatic carbocycles. The van der Waals surface area contributed by atoms with Crippen molar-refractivity contribution in [3.63, 3.8) is 0 Å². The van der Waals surface area contributed by atoms with Gasteiger partial charge in [-0.25, -0.2) is 27.3 Å². The van der Waals surface area contributed by atoms with Crippen molar-refractivity contribution < 1.29 is 40.9 Å². The lowest BCUT2D eigenvalue weighted by Crippen LogP contribution is -2.33. The maximum absolute atomic E-state index is 13.1. The Hall–Kier alpha value is -4.31. The molecule has 6 saturated heterocycles. The number of benzene rings is 2. The monoisotopic (exact) mass is 1040 g/mol. The molecule has 6 aliphatic heterocycles. The van der Waals surface area contributed by atoms with Gasteiger partial charge >= 0.3 is 11.4 Å². The maximum atomic E-state index is 13.1. The first-order valence-corrected chi connectivity index (χ1v) is 28.2. The Labute approximate surface area is 412 Å². The molecule has 12 atom stereocenters. The zero-order valence-corrected chi connectivity index (χ0v) is 42.9. The topological polar surface area (TPSA) is 249 Å². The van der Waals surface area contributed by atoms with Crippen LogP contribution in [-0.4, -0.2) is 109 Å². The van der Waals surface area contributed by atoms with E-state index in [-0.39, 0.29) is 54.0 Å². The third-order valence-electron chi connectivity index (χ3n) is 14.1. The van der Waals surface area contributed by atoms with E-state index >= 15 is 0 Å². The van der Waals surface area contributed by atoms with E-state index < -0.39 is 72.9 Å². The Bertz CT molecular complexity index is 2920. The van der Waals surface area contributed by atoms with Crippen molar-refractivity contribution in [1.29, 1.82) is 0 Å². The smallest absolute Gasteiger partial charge is 0.330 e. The summed E-state index contributed by atoms with van der Waals surface area (Å²) in [7, 11) is -6.26. The second kappa shape index (κ2) is 21.6. The SMILES string of the molecule is CC[C@H]1O[C@@H](n2cc(C)c(=O)[nH]c2=O)CC1O[P@@]1O[C@H](CS(=O)(=O)c2ccc(C)cc2)[C@@H]2CCCN21.CC[C@H]1O[C@@H](n2cc(C)c(=O)[nH]c2=O)CC1O[P@]1O[C@@H](Cc2ccc([N+](=O)[O-])cc2)[C@H]2CCCN21. The number of aryl methyl sites for hydroxylation is 3. The fourth-order valence-electron chi connectivity index (χ4n) is 10.3. The van der Waals surface area contributed by atoms with Crippen molar-refractivity contribution >= 4 is 32.6 Å². The van der Waals surface area contributed by atoms with E-state index in [0.717, 1.165) is 56.3 Å². The van der Waals surface area contributed by atoms with Crippen molar-refractivity contribution in [3.8, 4) is 0 Å². The van der Waals surface area contributed by atoms with Gasteiger partial charge in [0.05, 0.1) is 52.2 Å². The number of hydrogen-bond donors (Lipinski definition) is 2. The number of fused-ring (bicyclic) bond motifs is 2. The number of aromatic amines is 2. The van der Waals surface area contributed by atoms with Gasteiger partial charge in [0.25, 0.3) is 33.9 Å². The van der Waals surface area contributed by atoms with Crippen LogP contribution in [-0.2, 0) is 43.8 Å². The summed E-state index contributed by atoms with van der Waals surface area (Å²) >= 11 is 0. The molecular formula is C47H61N7O14P2S. The highest BCUT2D eigenvalue weighted by Gasteiger charge is 2.52. The highest BCUT2D eigenvalue weighted by atomic mass is 32.2. The number of H-pyrrole nitrogens is 2. The summed E-state index contributed by atoms with van der Waals surface area (Å²) in [5.74, 6) is -0.0908. The molecule has 0 aliphatic carbocycles. The van der Waals surface area contributed by atoms with E-state index in [1.165, 1.54) is 33.7 Å². The molecule has 6 aliphatic rings. The van der Waals surface area contributed by atoms with Crippen LogP contribution in [0.15, 0.2) is 85.0 Å². The number of sulfone groups is 1. The summed E-state index contributed by atoms with van der Waals surface area (Å²) in [6, 6.07) is 13.8. The molecule has 2 aromatic heterocycles. The summed E-state index contributed by atoms with van der Waals surface area (Å²) in [5.41, 5.74) is 1.13. The Kier molecular flexibility index (Phi) is 15.7. The third-order valence-corrected chi connectivity index (χ3v) is 19.5. The number of non-ortho nitro benzene ring substituents is 1. The number of rotatable bonds is 14. The summed E-state index contributed by atoms with van der Waals surface area (Å²) in [6.45, 7) is 10.9. The lowest BCUT2D eigenvalue weighted by molar-refractivity contribution is -0.384. The quantitative estimate of drug-likeness (QED) is 0.0839. The van der Waals surface area contributed by atoms with Crippen LogP contribution in [0.1, 0.15) is 99.9 Å². The summed E-state index contributed by atoms with van der Waals surface area (Å²) < 4.78 is 71.5. The number of nitro benzene ring substituents is 1. The molecule has 384 valence electrons. The molecule has 0 radical (unpaired) electrons. The van der Waals surface area contributed by atoms with E-state index in [9.17, 15) is 37.7 Å². The summed E-state index contributed by atoms with van der Waals surface area (Å²) in [5, 5.41) is 10.9. The molecule has 2 N–H and O–H groups in total. The van der Waals surface area contributed by atoms with Gasteiger partial charge in [0.2, 0.25) is 0 Å². The average molecular weight is 1040 g/mol. The van der Waals surface area contributed by atoms with Crippen LogP contribution < -0.4 is 22.5 Å². The molecule has 8 heterocycles. The first kappa shape index (κ1) is 51.6. The molecule has 6 fully saturated rings. The van der Waals surface area contributed by atoms with Crippen LogP contribution in [0.3, 0.4) is 0 Å². The fourth-order valence-corrected chi connectivity index (χ4v) is 15.8. The van der Waals surface area contributed by atoms with Crippen molar-refractivity contribution in [2.24, 2.45) is 0 Å². The highest BCUT2D eigenvalue weighted by Crippen LogP contribution is 2.59. The number of nitrogens with zero attached hydrogens (tertiary/aromatic N) is 5. The summed E-state index contributed by atoms with van der Waals surface area (Å²) in [6.07, 6.45) is 7.33. The highest BCUT2D eigenvalue weighted by molar-refractivity contribution is 7.91. The normalized spacial score (nSPS) is 30.6. The molecule has 10 rings (SSSR count). The van der Waals surface area contributed by atoms with Crippen molar-refractivity contribution in [2.45, 2.75) is 158 Å². The number of nitro groups is 1. The minimum absolute atomic E-state index is 0.000929. The molecular weight excluding hydrogens is 981 g/mol. The van der Waals surface area contributed by atoms with Crippen LogP contribution in [0.4, 0.5) is 5.69 Å². The van der Waals surface area contributed by atoms with Crippen LogP contribution in [0.5, 0.6) is 0 Å². The number of nitrogens with one attached hydrogen (secondary N) is 2. The molecule has 4 aromatic rings. The first-order valence-electron chi connectivity index (χ1n) is 24.3. The van der Waals surface area contributed by atoms with E-state index in [1.54, 1.807) is 50.2 Å². The lowest BCUT2D eigenvalue weighted by Gasteiger charge is -2.25. The van der Waals surface area contributed by atoms with E-state index in [0.29, 0.717) is 41.7 Å². The predicted molar refractivity (Wildman–Crippen MR) is 263 cm³/mol. The van der Waals surface area contributed by atoms with Gasteiger partial charge in [-0.05, 0) is 77.0 Å². The van der Waals surface area contributed by atoms with Crippen LogP contribution in [0.2, 0.25) is 0 Å². The van der Waals surface area contributed by atoms with Gasteiger partial charge in [-0.15, -0.1) is 0 Å². The van der Waals surface area contributed by atoms with Gasteiger partial charge in [-0.2, -0.15) is 0 Å². The van der Waals surface area contributed by atoms with E-state index in [4.69, 9.17) is 27.6 Å². The molecule has 21 nitrogen and oxygen atoms in total. The van der Waals surface area contributed by atoms with Gasteiger partial charge in [0, 0.05) is 80.1 Å². The molecule has 0 bridgehead atoms. The molecule has 0 amide bonds. The second-order valence-corrected chi connectivity index (χ2v) is 23.9. The number of aromatic nitrogens is 4. The molecule has 2 unspecified atom stereocenters. The van der Waals surface area contributed by atoms with Crippen LogP contribution in [0.25, 0.3) is 0 Å². The first-order chi connectivity index (χ1) is 34.0. The molecule has 71 heavy (non-hydrogen) atoms. The predicted octanol–water partition coefficient (Wildman–Crippen LogP) is 5.97. The Morgan fingerprint density at radius 1 is 0.704 bits per heavy atom. The largest absolute Gasteiger partial charge is 0.352 e. The van der Waals surface area contributed by atoms with Gasteiger partial charge in [-0.1, -0.05) is 43.7 Å². The van der Waals surface area contributed by atoms with Gasteiger partial charge < -0.3 is 27.6 Å². The zero-order chi connectivity index (χ0) is 50.3. The maximum Gasteiger partial charge on any atom is 0.330 e. The van der Waals surface area contributed by atoms with Gasteiger partial charge in [0.1, 0.15) is 12.5 Å². The van der Waals surface area contributed by atoms with Gasteiger partial charge in [0.15, 0.2) is 9.84 Å². The Balaban J connectivity index is 0.000000176. The van der Waals surface area contributed by atoms with Crippen LogP contribution in [0, 0.1) is 30.9 Å². The molecule has 0 spiro atoms. The standard InChI is InChI=1S/C24H32N3O7PS.C23H29N4O7P/c1-4-19-20(12-22(32-19)26-13-16(3)23(28)25-24(26)29)33-35-27-11-5-6-18(27)21(34-35)14-36(30,31)17-9-7-15(2)8-10-17;1-3-18-20(12-21(32-18)25-13-14(2)22(28)24-23(25)29)34-35-26-10-4-5-17(26)19(33-35)11-15-6-8-16(9-7-15)27(30)31/h7-10,13,18-22H,4-6,11-12,14H2,1-3H3,(H,25,28,29);6-9,13,17-21H,3-5,10-12H2,1-2H3,(H,24,28,29)/t18-,19+,20?,21+,22+,35-;17-,18-,19+,20?,21-,35+/m01/s1. The summed E-state index contributed by atoms with van der Waals surface area (Å²) in [4.78, 5) is 63.8. The van der Waals surface area contributed by atoms with E-state index in [2.05, 4.69) is 19.3 Å². The van der Waals surface area contributed by atoms with Crippen molar-refractivity contribution in [2.75, 3.05) is 18.8 Å². The Morgan fingerprint density at radius 2 is 1.18 bits per heavy atom. The van der Waals surface area contributed by atoms with Gasteiger partial charge in [-0.3, -0.25) is 38.8 Å². The minimum Gasteiger partial charge on any atom is -0.352 e. The number of hydrogen-bond acceptors (Lipinski definition) is 16.